The minimum atomic E-state index is -5.08. The zero-order valence-corrected chi connectivity index (χ0v) is 20.9. The lowest BCUT2D eigenvalue weighted by atomic mass is 9.99. The number of carbonyl (C=O) groups excluding carboxylic acids is 1. The molecule has 1 aliphatic carbocycles. The van der Waals surface area contributed by atoms with E-state index in [9.17, 15) is 23.1 Å². The number of nitrogens with zero attached hydrogens (tertiary/aromatic N) is 1. The number of likely N-dealkylation sites (N-methyl/N-ethyl adjacent to an activating group) is 1. The molecule has 2 aromatic rings. The lowest BCUT2D eigenvalue weighted by Gasteiger charge is -2.23. The van der Waals surface area contributed by atoms with Gasteiger partial charge in [-0.05, 0) is 86.3 Å². The van der Waals surface area contributed by atoms with Crippen LogP contribution in [0, 0.1) is 25.7 Å². The molecular formula is C26H32F3NO6. The van der Waals surface area contributed by atoms with E-state index in [0.717, 1.165) is 46.7 Å². The Kier molecular flexibility index (Phi) is 9.89. The van der Waals surface area contributed by atoms with E-state index in [4.69, 9.17) is 19.4 Å². The molecule has 10 heteroatoms. The van der Waals surface area contributed by atoms with E-state index in [1.165, 1.54) is 0 Å². The number of carboxylic acid groups (broad SMARTS) is 1. The fourth-order valence-corrected chi connectivity index (χ4v) is 4.00. The molecule has 2 aromatic carbocycles. The zero-order valence-electron chi connectivity index (χ0n) is 20.9. The number of ketones is 1. The first kappa shape index (κ1) is 29.1. The van der Waals surface area contributed by atoms with Crippen molar-refractivity contribution >= 4 is 11.8 Å². The van der Waals surface area contributed by atoms with E-state index >= 15 is 0 Å². The van der Waals surface area contributed by atoms with E-state index in [1.807, 2.05) is 57.3 Å². The van der Waals surface area contributed by atoms with Crippen molar-refractivity contribution in [3.8, 4) is 11.5 Å². The van der Waals surface area contributed by atoms with Gasteiger partial charge in [0.15, 0.2) is 5.78 Å². The summed E-state index contributed by atoms with van der Waals surface area (Å²) < 4.78 is 42.2. The number of methoxy groups -OCH3 is 2. The molecule has 0 saturated heterocycles. The summed E-state index contributed by atoms with van der Waals surface area (Å²) in [5.74, 6) is -0.537. The van der Waals surface area contributed by atoms with E-state index in [1.54, 1.807) is 14.2 Å². The number of halogens is 3. The molecule has 3 atom stereocenters. The molecular weight excluding hydrogens is 479 g/mol. The average molecular weight is 512 g/mol. The van der Waals surface area contributed by atoms with Crippen LogP contribution in [-0.4, -0.2) is 67.4 Å². The summed E-state index contributed by atoms with van der Waals surface area (Å²) >= 11 is 0. The Bertz CT molecular complexity index is 1050. The summed E-state index contributed by atoms with van der Waals surface area (Å²) in [7, 11) is 5.28. The molecule has 1 aliphatic rings. The number of ether oxygens (including phenoxy) is 2. The third kappa shape index (κ3) is 7.96. The molecule has 0 aromatic heterocycles. The van der Waals surface area contributed by atoms with Crippen molar-refractivity contribution in [2.45, 2.75) is 32.5 Å². The number of hydrogen-bond donors (Lipinski definition) is 2. The molecule has 0 aliphatic heterocycles. The van der Waals surface area contributed by atoms with Gasteiger partial charge in [0.25, 0.3) is 0 Å². The van der Waals surface area contributed by atoms with E-state index in [0.29, 0.717) is 12.5 Å². The molecule has 198 valence electrons. The maximum Gasteiger partial charge on any atom is 0.490 e. The summed E-state index contributed by atoms with van der Waals surface area (Å²) in [6, 6.07) is 11.3. The SMILES string of the molecule is COc1ccc(C(=O)[C@H]2C[C@@H]2CN(C)CC(O)c2cc(C)c(OC)cc2C)cc1.O=C(O)C(F)(F)F. The monoisotopic (exact) mass is 511 g/mol. The topological polar surface area (TPSA) is 96.3 Å². The molecule has 3 rings (SSSR count). The van der Waals surface area contributed by atoms with Gasteiger partial charge in [-0.25, -0.2) is 4.79 Å². The second-order valence-corrected chi connectivity index (χ2v) is 8.91. The van der Waals surface area contributed by atoms with Gasteiger partial charge in [-0.3, -0.25) is 4.79 Å². The largest absolute Gasteiger partial charge is 0.497 e. The Labute approximate surface area is 208 Å². The molecule has 0 amide bonds. The molecule has 0 bridgehead atoms. The number of rotatable bonds is 9. The van der Waals surface area contributed by atoms with E-state index in [2.05, 4.69) is 4.90 Å². The van der Waals surface area contributed by atoms with Crippen LogP contribution in [0.15, 0.2) is 36.4 Å². The fourth-order valence-electron chi connectivity index (χ4n) is 4.00. The van der Waals surface area contributed by atoms with Crippen molar-refractivity contribution in [3.63, 3.8) is 0 Å². The van der Waals surface area contributed by atoms with Gasteiger partial charge in [-0.15, -0.1) is 0 Å². The van der Waals surface area contributed by atoms with Crippen molar-refractivity contribution < 1.29 is 42.4 Å². The molecule has 7 nitrogen and oxygen atoms in total. The lowest BCUT2D eigenvalue weighted by molar-refractivity contribution is -0.192. The highest BCUT2D eigenvalue weighted by Crippen LogP contribution is 2.41. The highest BCUT2D eigenvalue weighted by atomic mass is 19.4. The van der Waals surface area contributed by atoms with Gasteiger partial charge in [0, 0.05) is 24.6 Å². The van der Waals surface area contributed by atoms with Crippen LogP contribution >= 0.6 is 0 Å². The number of aliphatic carboxylic acids is 1. The minimum Gasteiger partial charge on any atom is -0.497 e. The molecule has 0 spiro atoms. The van der Waals surface area contributed by atoms with Crippen LogP contribution in [0.25, 0.3) is 0 Å². The normalized spacial score (nSPS) is 17.6. The number of aryl methyl sites for hydroxylation is 2. The van der Waals surface area contributed by atoms with Gasteiger partial charge in [-0.2, -0.15) is 13.2 Å². The Morgan fingerprint density at radius 1 is 1.08 bits per heavy atom. The molecule has 2 N–H and O–H groups in total. The molecule has 1 fully saturated rings. The first-order valence-corrected chi connectivity index (χ1v) is 11.3. The first-order chi connectivity index (χ1) is 16.8. The van der Waals surface area contributed by atoms with Crippen molar-refractivity contribution in [3.05, 3.63) is 58.7 Å². The number of hydrogen-bond acceptors (Lipinski definition) is 6. The van der Waals surface area contributed by atoms with Crippen LogP contribution in [0.3, 0.4) is 0 Å². The van der Waals surface area contributed by atoms with Gasteiger partial charge < -0.3 is 24.6 Å². The smallest absolute Gasteiger partial charge is 0.490 e. The fraction of sp³-hybridized carbons (Fsp3) is 0.462. The second-order valence-electron chi connectivity index (χ2n) is 8.91. The summed E-state index contributed by atoms with van der Waals surface area (Å²) in [6.45, 7) is 5.31. The third-order valence-electron chi connectivity index (χ3n) is 6.05. The highest BCUT2D eigenvalue weighted by molar-refractivity contribution is 5.99. The van der Waals surface area contributed by atoms with Crippen LogP contribution in [0.1, 0.15) is 39.6 Å². The van der Waals surface area contributed by atoms with Crippen LogP contribution in [0.2, 0.25) is 0 Å². The Morgan fingerprint density at radius 2 is 1.67 bits per heavy atom. The van der Waals surface area contributed by atoms with Gasteiger partial charge in [0.2, 0.25) is 0 Å². The number of Topliss-reactive ketones (excluding diaryl/α,β-unsaturated/α-hetero) is 1. The van der Waals surface area contributed by atoms with Gasteiger partial charge in [0.1, 0.15) is 11.5 Å². The third-order valence-corrected chi connectivity index (χ3v) is 6.05. The molecule has 0 radical (unpaired) electrons. The van der Waals surface area contributed by atoms with Crippen molar-refractivity contribution in [1.29, 1.82) is 0 Å². The maximum absolute atomic E-state index is 12.7. The summed E-state index contributed by atoms with van der Waals surface area (Å²) in [4.78, 5) is 23.7. The van der Waals surface area contributed by atoms with Gasteiger partial charge in [-0.1, -0.05) is 0 Å². The molecule has 0 heterocycles. The van der Waals surface area contributed by atoms with Crippen molar-refractivity contribution in [2.75, 3.05) is 34.4 Å². The Hall–Kier alpha value is -3.11. The number of aliphatic hydroxyl groups is 1. The number of carbonyl (C=O) groups is 2. The molecule has 36 heavy (non-hydrogen) atoms. The summed E-state index contributed by atoms with van der Waals surface area (Å²) in [6.07, 6.45) is -4.74. The first-order valence-electron chi connectivity index (χ1n) is 11.3. The van der Waals surface area contributed by atoms with Crippen molar-refractivity contribution in [1.82, 2.24) is 4.90 Å². The second kappa shape index (κ2) is 12.2. The van der Waals surface area contributed by atoms with Crippen molar-refractivity contribution in [2.24, 2.45) is 11.8 Å². The predicted molar refractivity (Wildman–Crippen MR) is 128 cm³/mol. The standard InChI is InChI=1S/C24H31NO4.C2HF3O2/c1-15-11-23(29-5)16(2)10-20(15)22(26)14-25(3)13-18-12-21(18)24(27)17-6-8-19(28-4)9-7-17;3-2(4,5)1(6)7/h6-11,18,21-22,26H,12-14H2,1-5H3;(H,6,7)/t18-,21+,22?;/m1./s1. The number of carboxylic acids is 1. The quantitative estimate of drug-likeness (QED) is 0.481. The highest BCUT2D eigenvalue weighted by Gasteiger charge is 2.43. The van der Waals surface area contributed by atoms with Crippen LogP contribution < -0.4 is 9.47 Å². The van der Waals surface area contributed by atoms with Gasteiger partial charge in [0.05, 0.1) is 20.3 Å². The molecule has 1 saturated carbocycles. The maximum atomic E-state index is 12.7. The molecule has 1 unspecified atom stereocenters. The van der Waals surface area contributed by atoms with Crippen LogP contribution in [-0.2, 0) is 4.79 Å². The van der Waals surface area contributed by atoms with Crippen LogP contribution in [0.5, 0.6) is 11.5 Å². The van der Waals surface area contributed by atoms with E-state index < -0.39 is 18.2 Å². The minimum absolute atomic E-state index is 0.0768. The number of aliphatic hydroxyl groups excluding tert-OH is 1. The predicted octanol–water partition coefficient (Wildman–Crippen LogP) is 4.44. The zero-order chi connectivity index (χ0) is 27.2. The Morgan fingerprint density at radius 3 is 2.17 bits per heavy atom. The Balaban J connectivity index is 0.000000572. The average Bonchev–Trinajstić information content (AvgIpc) is 3.58. The van der Waals surface area contributed by atoms with Crippen LogP contribution in [0.4, 0.5) is 13.2 Å². The number of benzene rings is 2. The number of alkyl halides is 3. The summed E-state index contributed by atoms with van der Waals surface area (Å²) in [5.41, 5.74) is 3.71. The van der Waals surface area contributed by atoms with E-state index in [-0.39, 0.29) is 11.7 Å². The summed E-state index contributed by atoms with van der Waals surface area (Å²) in [5, 5.41) is 17.9. The lowest BCUT2D eigenvalue weighted by Crippen LogP contribution is -2.27. The van der Waals surface area contributed by atoms with Gasteiger partial charge >= 0.3 is 12.1 Å².